The van der Waals surface area contributed by atoms with E-state index < -0.39 is 23.3 Å². The molecule has 1 unspecified atom stereocenters. The largest absolute Gasteiger partial charge is 0.506 e. The summed E-state index contributed by atoms with van der Waals surface area (Å²) in [7, 11) is 2.93. The molecule has 0 aliphatic carbocycles. The fraction of sp³-hybridized carbons (Fsp3) is 0.290. The summed E-state index contributed by atoms with van der Waals surface area (Å²) < 4.78 is 17.1. The third-order valence-electron chi connectivity index (χ3n) is 6.29. The SMILES string of the molecule is COc1cccc(OC)c1/C(O)=C1\C(=O)C(=O)N(Cc2ccccc2OC(C)(C)C)C1c1cccc(C)c1. The molecule has 3 aromatic carbocycles. The number of para-hydroxylation sites is 1. The number of hydrogen-bond donors (Lipinski definition) is 1. The van der Waals surface area contributed by atoms with Crippen molar-refractivity contribution in [1.29, 1.82) is 0 Å². The van der Waals surface area contributed by atoms with Crippen LogP contribution in [0.1, 0.15) is 49.1 Å². The van der Waals surface area contributed by atoms with Crippen LogP contribution in [0, 0.1) is 6.92 Å². The highest BCUT2D eigenvalue weighted by molar-refractivity contribution is 6.46. The van der Waals surface area contributed by atoms with Gasteiger partial charge in [0.25, 0.3) is 11.7 Å². The monoisotopic (exact) mass is 515 g/mol. The lowest BCUT2D eigenvalue weighted by molar-refractivity contribution is -0.140. The molecule has 0 radical (unpaired) electrons. The summed E-state index contributed by atoms with van der Waals surface area (Å²) >= 11 is 0. The first-order valence-corrected chi connectivity index (χ1v) is 12.4. The van der Waals surface area contributed by atoms with E-state index in [4.69, 9.17) is 14.2 Å². The maximum atomic E-state index is 13.6. The Bertz CT molecular complexity index is 1380. The van der Waals surface area contributed by atoms with Gasteiger partial charge in [0, 0.05) is 5.56 Å². The number of ketones is 1. The van der Waals surface area contributed by atoms with Crippen LogP contribution >= 0.6 is 0 Å². The Labute approximate surface area is 223 Å². The summed E-state index contributed by atoms with van der Waals surface area (Å²) in [6, 6.07) is 19.2. The molecule has 1 N–H and O–H groups in total. The third-order valence-corrected chi connectivity index (χ3v) is 6.29. The highest BCUT2D eigenvalue weighted by Crippen LogP contribution is 2.44. The number of aliphatic hydroxyl groups is 1. The molecular formula is C31H33NO6. The lowest BCUT2D eigenvalue weighted by Gasteiger charge is -2.28. The molecule has 0 spiro atoms. The molecule has 38 heavy (non-hydrogen) atoms. The second kappa shape index (κ2) is 10.6. The predicted octanol–water partition coefficient (Wildman–Crippen LogP) is 5.81. The van der Waals surface area contributed by atoms with Crippen LogP contribution in [0.3, 0.4) is 0 Å². The molecule has 1 atom stereocenters. The second-order valence-corrected chi connectivity index (χ2v) is 10.2. The van der Waals surface area contributed by atoms with Crippen LogP contribution in [0.15, 0.2) is 72.3 Å². The van der Waals surface area contributed by atoms with Gasteiger partial charge in [0.05, 0.1) is 32.4 Å². The van der Waals surface area contributed by atoms with Crippen molar-refractivity contribution in [2.24, 2.45) is 0 Å². The number of likely N-dealkylation sites (tertiary alicyclic amines) is 1. The van der Waals surface area contributed by atoms with Gasteiger partial charge in [-0.05, 0) is 51.5 Å². The highest BCUT2D eigenvalue weighted by Gasteiger charge is 2.47. The van der Waals surface area contributed by atoms with Crippen LogP contribution in [-0.2, 0) is 16.1 Å². The van der Waals surface area contributed by atoms with Gasteiger partial charge in [-0.25, -0.2) is 0 Å². The Morgan fingerprint density at radius 3 is 2.11 bits per heavy atom. The number of Topliss-reactive ketones (excluding diaryl/α,β-unsaturated/α-hetero) is 1. The third kappa shape index (κ3) is 5.23. The van der Waals surface area contributed by atoms with E-state index in [-0.39, 0.29) is 23.4 Å². The van der Waals surface area contributed by atoms with Crippen LogP contribution in [0.25, 0.3) is 5.76 Å². The second-order valence-electron chi connectivity index (χ2n) is 10.2. The number of ether oxygens (including phenoxy) is 3. The van der Waals surface area contributed by atoms with E-state index in [9.17, 15) is 14.7 Å². The quantitative estimate of drug-likeness (QED) is 0.243. The van der Waals surface area contributed by atoms with Crippen molar-refractivity contribution in [3.8, 4) is 17.2 Å². The number of hydrogen-bond acceptors (Lipinski definition) is 6. The molecule has 1 aliphatic rings. The lowest BCUT2D eigenvalue weighted by atomic mass is 9.93. The molecule has 198 valence electrons. The van der Waals surface area contributed by atoms with Gasteiger partial charge < -0.3 is 24.2 Å². The molecule has 3 aromatic rings. The van der Waals surface area contributed by atoms with E-state index in [0.717, 1.165) is 11.1 Å². The van der Waals surface area contributed by atoms with E-state index >= 15 is 0 Å². The van der Waals surface area contributed by atoms with Gasteiger partial charge in [-0.2, -0.15) is 0 Å². The van der Waals surface area contributed by atoms with E-state index in [0.29, 0.717) is 22.8 Å². The predicted molar refractivity (Wildman–Crippen MR) is 145 cm³/mol. The lowest BCUT2D eigenvalue weighted by Crippen LogP contribution is -2.30. The topological polar surface area (TPSA) is 85.3 Å². The Morgan fingerprint density at radius 1 is 0.895 bits per heavy atom. The molecular weight excluding hydrogens is 482 g/mol. The van der Waals surface area contributed by atoms with Crippen molar-refractivity contribution in [1.82, 2.24) is 4.90 Å². The number of nitrogens with zero attached hydrogens (tertiary/aromatic N) is 1. The first-order valence-electron chi connectivity index (χ1n) is 12.4. The van der Waals surface area contributed by atoms with Crippen LogP contribution in [0.2, 0.25) is 0 Å². The van der Waals surface area contributed by atoms with Crippen LogP contribution in [0.4, 0.5) is 0 Å². The first kappa shape index (κ1) is 26.8. The van der Waals surface area contributed by atoms with Crippen molar-refractivity contribution in [2.45, 2.75) is 45.9 Å². The zero-order chi connectivity index (χ0) is 27.6. The number of carbonyl (C=O) groups excluding carboxylic acids is 2. The van der Waals surface area contributed by atoms with Crippen molar-refractivity contribution < 1.29 is 28.9 Å². The standard InChI is InChI=1S/C31H33NO6/c1-19-11-9-13-20(17-19)27-26(28(33)25-23(36-5)15-10-16-24(25)37-6)29(34)30(35)32(27)18-21-12-7-8-14-22(21)38-31(2,3)4/h7-17,27,33H,18H2,1-6H3/b28-26+. The zero-order valence-electron chi connectivity index (χ0n) is 22.6. The molecule has 7 nitrogen and oxygen atoms in total. The zero-order valence-corrected chi connectivity index (χ0v) is 22.6. The molecule has 0 bridgehead atoms. The Morgan fingerprint density at radius 2 is 1.50 bits per heavy atom. The Balaban J connectivity index is 1.92. The van der Waals surface area contributed by atoms with Crippen molar-refractivity contribution in [2.75, 3.05) is 14.2 Å². The summed E-state index contributed by atoms with van der Waals surface area (Å²) in [5, 5.41) is 11.6. The van der Waals surface area contributed by atoms with Crippen LogP contribution in [-0.4, -0.2) is 41.5 Å². The number of aryl methyl sites for hydroxylation is 1. The van der Waals surface area contributed by atoms with Crippen molar-refractivity contribution in [3.05, 3.63) is 94.6 Å². The Hall–Kier alpha value is -4.26. The fourth-order valence-electron chi connectivity index (χ4n) is 4.70. The summed E-state index contributed by atoms with van der Waals surface area (Å²) in [5.74, 6) is -0.587. The van der Waals surface area contributed by atoms with Gasteiger partial charge >= 0.3 is 0 Å². The summed E-state index contributed by atoms with van der Waals surface area (Å²) in [6.45, 7) is 7.89. The van der Waals surface area contributed by atoms with Gasteiger partial charge in [0.2, 0.25) is 0 Å². The summed E-state index contributed by atoms with van der Waals surface area (Å²) in [5.41, 5.74) is 2.13. The number of methoxy groups -OCH3 is 2. The Kier molecular flexibility index (Phi) is 7.49. The minimum absolute atomic E-state index is 0.0300. The van der Waals surface area contributed by atoms with Gasteiger partial charge in [-0.15, -0.1) is 0 Å². The molecule has 1 fully saturated rings. The minimum Gasteiger partial charge on any atom is -0.506 e. The van der Waals surface area contributed by atoms with E-state index in [1.807, 2.05) is 76.2 Å². The number of amides is 1. The van der Waals surface area contributed by atoms with Crippen LogP contribution < -0.4 is 14.2 Å². The molecule has 4 rings (SSSR count). The number of rotatable bonds is 7. The summed E-state index contributed by atoms with van der Waals surface area (Å²) in [6.07, 6.45) is 0. The molecule has 1 aliphatic heterocycles. The van der Waals surface area contributed by atoms with Gasteiger partial charge in [0.1, 0.15) is 34.2 Å². The van der Waals surface area contributed by atoms with Crippen molar-refractivity contribution in [3.63, 3.8) is 0 Å². The van der Waals surface area contributed by atoms with Gasteiger partial charge in [-0.1, -0.05) is 54.1 Å². The van der Waals surface area contributed by atoms with E-state index in [2.05, 4.69) is 0 Å². The van der Waals surface area contributed by atoms with Crippen molar-refractivity contribution >= 4 is 17.4 Å². The van der Waals surface area contributed by atoms with Crippen LogP contribution in [0.5, 0.6) is 17.2 Å². The van der Waals surface area contributed by atoms with E-state index in [1.54, 1.807) is 18.2 Å². The number of benzene rings is 3. The maximum Gasteiger partial charge on any atom is 0.295 e. The number of aliphatic hydroxyl groups excluding tert-OH is 1. The highest BCUT2D eigenvalue weighted by atomic mass is 16.5. The molecule has 1 amide bonds. The summed E-state index contributed by atoms with van der Waals surface area (Å²) in [4.78, 5) is 28.6. The van der Waals surface area contributed by atoms with E-state index in [1.165, 1.54) is 19.1 Å². The maximum absolute atomic E-state index is 13.6. The average molecular weight is 516 g/mol. The smallest absolute Gasteiger partial charge is 0.295 e. The molecule has 0 aromatic heterocycles. The van der Waals surface area contributed by atoms with Gasteiger partial charge in [-0.3, -0.25) is 9.59 Å². The fourth-order valence-corrected chi connectivity index (χ4v) is 4.70. The minimum atomic E-state index is -0.841. The van der Waals surface area contributed by atoms with Gasteiger partial charge in [0.15, 0.2) is 0 Å². The first-order chi connectivity index (χ1) is 18.1. The molecule has 0 saturated carbocycles. The normalized spacial score (nSPS) is 17.0. The average Bonchev–Trinajstić information content (AvgIpc) is 3.13. The molecule has 7 heteroatoms. The molecule has 1 saturated heterocycles. The number of carbonyl (C=O) groups is 2. The molecule has 1 heterocycles.